The first-order chi connectivity index (χ1) is 13.2. The van der Waals surface area contributed by atoms with Crippen LogP contribution < -0.4 is 0 Å². The molecule has 0 bridgehead atoms. The minimum atomic E-state index is -0.467. The van der Waals surface area contributed by atoms with Gasteiger partial charge < -0.3 is 9.64 Å². The van der Waals surface area contributed by atoms with Crippen LogP contribution in [0.3, 0.4) is 0 Å². The Bertz CT molecular complexity index is 941. The topological polar surface area (TPSA) is 60.2 Å². The van der Waals surface area contributed by atoms with Gasteiger partial charge in [0.2, 0.25) is 0 Å². The van der Waals surface area contributed by atoms with Gasteiger partial charge in [0, 0.05) is 20.3 Å². The third-order valence-electron chi connectivity index (χ3n) is 5.02. The zero-order chi connectivity index (χ0) is 18.8. The van der Waals surface area contributed by atoms with Crippen molar-refractivity contribution in [1.82, 2.24) is 19.9 Å². The number of fused-ring (bicyclic) bond motifs is 1. The van der Waals surface area contributed by atoms with Gasteiger partial charge >= 0.3 is 0 Å². The number of benzene rings is 2. The first kappa shape index (κ1) is 17.6. The molecule has 0 radical (unpaired) electrons. The Morgan fingerprint density at radius 3 is 2.63 bits per heavy atom. The van der Waals surface area contributed by atoms with Crippen molar-refractivity contribution in [3.63, 3.8) is 0 Å². The summed E-state index contributed by atoms with van der Waals surface area (Å²) in [6.07, 6.45) is 1.73. The van der Waals surface area contributed by atoms with Gasteiger partial charge in [-0.05, 0) is 42.7 Å². The van der Waals surface area contributed by atoms with Gasteiger partial charge in [-0.15, -0.1) is 5.10 Å². The maximum atomic E-state index is 13.4. The summed E-state index contributed by atoms with van der Waals surface area (Å²) < 4.78 is 20.2. The number of hydrogen-bond donors (Lipinski definition) is 0. The van der Waals surface area contributed by atoms with E-state index in [1.54, 1.807) is 23.9 Å². The van der Waals surface area contributed by atoms with Crippen molar-refractivity contribution in [2.75, 3.05) is 20.3 Å². The average molecular weight is 368 g/mol. The number of hydrogen-bond acceptors (Lipinski definition) is 4. The molecule has 0 spiro atoms. The maximum absolute atomic E-state index is 13.4. The summed E-state index contributed by atoms with van der Waals surface area (Å²) in [7, 11) is 1.67. The normalized spacial score (nSPS) is 19.5. The minimum absolute atomic E-state index is 0.0115. The van der Waals surface area contributed by atoms with Gasteiger partial charge in [0.15, 0.2) is 6.04 Å². The van der Waals surface area contributed by atoms with Crippen molar-refractivity contribution in [2.24, 2.45) is 0 Å². The summed E-state index contributed by atoms with van der Waals surface area (Å²) in [4.78, 5) is 14.8. The number of carbonyl (C=O) groups excluding carboxylic acids is 1. The quantitative estimate of drug-likeness (QED) is 0.475. The summed E-state index contributed by atoms with van der Waals surface area (Å²) in [6, 6.07) is 13.3. The number of unbranched alkanes of at least 4 members (excludes halogenated alkanes) is 1. The molecule has 7 heteroatoms. The molecule has 2 heterocycles. The summed E-state index contributed by atoms with van der Waals surface area (Å²) in [5, 5.41) is 8.41. The Morgan fingerprint density at radius 1 is 1.07 bits per heavy atom. The molecule has 2 aromatic carbocycles. The van der Waals surface area contributed by atoms with E-state index in [1.165, 1.54) is 12.1 Å². The van der Waals surface area contributed by atoms with Crippen LogP contribution in [0.5, 0.6) is 0 Å². The number of aromatic nitrogens is 3. The fraction of sp³-hybridized carbons (Fsp3) is 0.350. The van der Waals surface area contributed by atoms with Crippen LogP contribution in [0, 0.1) is 5.82 Å². The lowest BCUT2D eigenvalue weighted by Crippen LogP contribution is -2.56. The molecule has 0 aliphatic carbocycles. The Hall–Kier alpha value is -2.80. The molecular weight excluding hydrogens is 347 g/mol. The van der Waals surface area contributed by atoms with Gasteiger partial charge in [-0.1, -0.05) is 29.5 Å². The molecular formula is C20H21FN4O2. The molecule has 1 amide bonds. The second-order valence-electron chi connectivity index (χ2n) is 6.70. The molecule has 0 saturated carbocycles. The van der Waals surface area contributed by atoms with Gasteiger partial charge in [0.05, 0.1) is 11.6 Å². The third kappa shape index (κ3) is 3.19. The standard InChI is InChI=1S/C20H21FN4O2/c1-27-13-5-4-12-24-18(14-8-10-15(21)11-9-14)19(20(24)26)25-17-7-3-2-6-16(17)22-23-25/h2-3,6-11,18-19H,4-5,12-13H2,1H3/t18-,19-/m1/s1. The van der Waals surface area contributed by atoms with E-state index in [-0.39, 0.29) is 17.8 Å². The van der Waals surface area contributed by atoms with Gasteiger partial charge in [-0.2, -0.15) is 0 Å². The van der Waals surface area contributed by atoms with Crippen LogP contribution in [-0.4, -0.2) is 46.1 Å². The summed E-state index contributed by atoms with van der Waals surface area (Å²) in [6.45, 7) is 1.30. The fourth-order valence-corrected chi connectivity index (χ4v) is 3.66. The number of amides is 1. The van der Waals surface area contributed by atoms with E-state index in [1.807, 2.05) is 29.2 Å². The largest absolute Gasteiger partial charge is 0.385 e. The van der Waals surface area contributed by atoms with Crippen LogP contribution in [0.1, 0.15) is 30.5 Å². The number of para-hydroxylation sites is 1. The van der Waals surface area contributed by atoms with Crippen molar-refractivity contribution in [1.29, 1.82) is 0 Å². The zero-order valence-electron chi connectivity index (χ0n) is 15.1. The summed E-state index contributed by atoms with van der Waals surface area (Å²) in [5.74, 6) is -0.281. The number of methoxy groups -OCH3 is 1. The number of nitrogens with zero attached hydrogens (tertiary/aromatic N) is 4. The van der Waals surface area contributed by atoms with E-state index in [9.17, 15) is 9.18 Å². The number of likely N-dealkylation sites (tertiary alicyclic amines) is 1. The van der Waals surface area contributed by atoms with Crippen molar-refractivity contribution < 1.29 is 13.9 Å². The Labute approximate surface area is 156 Å². The highest BCUT2D eigenvalue weighted by Crippen LogP contribution is 2.44. The molecule has 6 nitrogen and oxygen atoms in total. The Kier molecular flexibility index (Phi) is 4.85. The van der Waals surface area contributed by atoms with Crippen molar-refractivity contribution in [3.8, 4) is 0 Å². The molecule has 1 aliphatic heterocycles. The van der Waals surface area contributed by atoms with E-state index in [0.717, 1.165) is 29.4 Å². The average Bonchev–Trinajstić information content (AvgIpc) is 3.10. The molecule has 140 valence electrons. The highest BCUT2D eigenvalue weighted by atomic mass is 19.1. The molecule has 1 aromatic heterocycles. The van der Waals surface area contributed by atoms with E-state index in [0.29, 0.717) is 13.2 Å². The number of ether oxygens (including phenoxy) is 1. The first-order valence-corrected chi connectivity index (χ1v) is 9.05. The molecule has 2 atom stereocenters. The number of halogens is 1. The molecule has 1 fully saturated rings. The molecule has 1 saturated heterocycles. The van der Waals surface area contributed by atoms with Gasteiger partial charge in [-0.3, -0.25) is 4.79 Å². The maximum Gasteiger partial charge on any atom is 0.250 e. The molecule has 4 rings (SSSR count). The van der Waals surface area contributed by atoms with Crippen LogP contribution in [-0.2, 0) is 9.53 Å². The SMILES string of the molecule is COCCCCN1C(=O)[C@H](n2nnc3ccccc32)[C@H]1c1ccc(F)cc1. The lowest BCUT2D eigenvalue weighted by Gasteiger charge is -2.47. The highest BCUT2D eigenvalue weighted by Gasteiger charge is 2.50. The number of β-lactam (4-membered cyclic amide) rings is 1. The summed E-state index contributed by atoms with van der Waals surface area (Å²) in [5.41, 5.74) is 2.47. The number of carbonyl (C=O) groups is 1. The van der Waals surface area contributed by atoms with Crippen molar-refractivity contribution >= 4 is 16.9 Å². The predicted molar refractivity (Wildman–Crippen MR) is 98.5 cm³/mol. The van der Waals surface area contributed by atoms with Crippen LogP contribution in [0.25, 0.3) is 11.0 Å². The minimum Gasteiger partial charge on any atom is -0.385 e. The molecule has 27 heavy (non-hydrogen) atoms. The summed E-state index contributed by atoms with van der Waals surface area (Å²) >= 11 is 0. The predicted octanol–water partition coefficient (Wildman–Crippen LogP) is 3.12. The molecule has 1 aliphatic rings. The molecule has 0 unspecified atom stereocenters. The molecule has 3 aromatic rings. The van der Waals surface area contributed by atoms with Crippen molar-refractivity contribution in [3.05, 3.63) is 59.9 Å². The highest BCUT2D eigenvalue weighted by molar-refractivity contribution is 5.90. The van der Waals surface area contributed by atoms with Crippen LogP contribution in [0.4, 0.5) is 4.39 Å². The monoisotopic (exact) mass is 368 g/mol. The van der Waals surface area contributed by atoms with E-state index >= 15 is 0 Å². The first-order valence-electron chi connectivity index (χ1n) is 9.05. The molecule has 0 N–H and O–H groups in total. The van der Waals surface area contributed by atoms with E-state index in [2.05, 4.69) is 10.3 Å². The van der Waals surface area contributed by atoms with Gasteiger partial charge in [0.25, 0.3) is 5.91 Å². The van der Waals surface area contributed by atoms with E-state index < -0.39 is 6.04 Å². The van der Waals surface area contributed by atoms with Crippen LogP contribution in [0.15, 0.2) is 48.5 Å². The second kappa shape index (κ2) is 7.44. The Morgan fingerprint density at radius 2 is 1.85 bits per heavy atom. The lowest BCUT2D eigenvalue weighted by molar-refractivity contribution is -0.155. The van der Waals surface area contributed by atoms with Crippen LogP contribution in [0.2, 0.25) is 0 Å². The fourth-order valence-electron chi connectivity index (χ4n) is 3.66. The third-order valence-corrected chi connectivity index (χ3v) is 5.02. The smallest absolute Gasteiger partial charge is 0.250 e. The second-order valence-corrected chi connectivity index (χ2v) is 6.70. The number of rotatable bonds is 7. The van der Waals surface area contributed by atoms with Gasteiger partial charge in [-0.25, -0.2) is 9.07 Å². The zero-order valence-corrected chi connectivity index (χ0v) is 15.1. The lowest BCUT2D eigenvalue weighted by atomic mass is 9.88. The Balaban J connectivity index is 1.65. The van der Waals surface area contributed by atoms with E-state index in [4.69, 9.17) is 4.74 Å². The van der Waals surface area contributed by atoms with Crippen LogP contribution >= 0.6 is 0 Å². The van der Waals surface area contributed by atoms with Crippen molar-refractivity contribution in [2.45, 2.75) is 24.9 Å². The van der Waals surface area contributed by atoms with Gasteiger partial charge in [0.1, 0.15) is 11.3 Å².